The van der Waals surface area contributed by atoms with Crippen LogP contribution in [0.2, 0.25) is 0 Å². The Morgan fingerprint density at radius 2 is 2.08 bits per heavy atom. The minimum Gasteiger partial charge on any atom is -0.381 e. The second-order valence-electron chi connectivity index (χ2n) is 3.70. The third-order valence-electron chi connectivity index (χ3n) is 2.83. The highest BCUT2D eigenvalue weighted by atomic mass is 16.5. The van der Waals surface area contributed by atoms with Gasteiger partial charge in [-0.1, -0.05) is 0 Å². The fraction of sp³-hybridized carbons (Fsp3) is 0.700. The first kappa shape index (κ1) is 8.75. The van der Waals surface area contributed by atoms with E-state index in [9.17, 15) is 0 Å². The topological polar surface area (TPSA) is 27.1 Å². The first-order valence-electron chi connectivity index (χ1n) is 4.87. The predicted molar refractivity (Wildman–Crippen MR) is 50.8 cm³/mol. The van der Waals surface area contributed by atoms with Crippen molar-refractivity contribution >= 4 is 0 Å². The van der Waals surface area contributed by atoms with Gasteiger partial charge in [-0.05, 0) is 32.3 Å². The van der Waals surface area contributed by atoms with Crippen LogP contribution in [0, 0.1) is 13.8 Å². The van der Waals surface area contributed by atoms with E-state index in [1.165, 1.54) is 11.3 Å². The molecular weight excluding hydrogens is 164 g/mol. The maximum absolute atomic E-state index is 5.33. The number of hydrogen-bond donors (Lipinski definition) is 0. The minimum absolute atomic E-state index is 0.558. The van der Waals surface area contributed by atoms with Crippen molar-refractivity contribution in [2.75, 3.05) is 13.2 Å². The molecule has 0 saturated carbocycles. The Morgan fingerprint density at radius 1 is 1.38 bits per heavy atom. The van der Waals surface area contributed by atoms with Crippen molar-refractivity contribution in [3.63, 3.8) is 0 Å². The van der Waals surface area contributed by atoms with Crippen LogP contribution >= 0.6 is 0 Å². The van der Waals surface area contributed by atoms with Gasteiger partial charge in [0.1, 0.15) is 0 Å². The van der Waals surface area contributed by atoms with E-state index in [2.05, 4.69) is 23.6 Å². The SMILES string of the molecule is Cc1cnn(C2CCOCC2)c1C. The maximum atomic E-state index is 5.33. The molecule has 0 aromatic carbocycles. The Kier molecular flexibility index (Phi) is 2.36. The van der Waals surface area contributed by atoms with Crippen molar-refractivity contribution in [2.45, 2.75) is 32.7 Å². The van der Waals surface area contributed by atoms with E-state index in [1.54, 1.807) is 0 Å². The Labute approximate surface area is 78.7 Å². The maximum Gasteiger partial charge on any atom is 0.0566 e. The summed E-state index contributed by atoms with van der Waals surface area (Å²) in [4.78, 5) is 0. The van der Waals surface area contributed by atoms with E-state index < -0.39 is 0 Å². The van der Waals surface area contributed by atoms with Gasteiger partial charge in [-0.15, -0.1) is 0 Å². The van der Waals surface area contributed by atoms with Crippen molar-refractivity contribution in [3.8, 4) is 0 Å². The average Bonchev–Trinajstić information content (AvgIpc) is 2.49. The van der Waals surface area contributed by atoms with Crippen molar-refractivity contribution in [1.29, 1.82) is 0 Å². The highest BCUT2D eigenvalue weighted by molar-refractivity contribution is 5.14. The van der Waals surface area contributed by atoms with Gasteiger partial charge in [0.2, 0.25) is 0 Å². The monoisotopic (exact) mass is 180 g/mol. The Bertz CT molecular complexity index is 287. The number of aromatic nitrogens is 2. The Balaban J connectivity index is 2.18. The molecule has 0 atom stereocenters. The number of ether oxygens (including phenoxy) is 1. The lowest BCUT2D eigenvalue weighted by Gasteiger charge is -2.23. The van der Waals surface area contributed by atoms with Gasteiger partial charge in [0, 0.05) is 18.9 Å². The summed E-state index contributed by atoms with van der Waals surface area (Å²) in [7, 11) is 0. The minimum atomic E-state index is 0.558. The summed E-state index contributed by atoms with van der Waals surface area (Å²) >= 11 is 0. The molecule has 1 saturated heterocycles. The molecule has 0 N–H and O–H groups in total. The molecule has 0 amide bonds. The molecule has 0 radical (unpaired) electrons. The smallest absolute Gasteiger partial charge is 0.0566 e. The second-order valence-corrected chi connectivity index (χ2v) is 3.70. The zero-order chi connectivity index (χ0) is 9.26. The van der Waals surface area contributed by atoms with E-state index in [0.717, 1.165) is 26.1 Å². The number of aryl methyl sites for hydroxylation is 1. The fourth-order valence-corrected chi connectivity index (χ4v) is 1.81. The molecule has 72 valence electrons. The molecule has 0 aliphatic carbocycles. The number of hydrogen-bond acceptors (Lipinski definition) is 2. The summed E-state index contributed by atoms with van der Waals surface area (Å²) in [5, 5.41) is 4.40. The highest BCUT2D eigenvalue weighted by Crippen LogP contribution is 2.22. The lowest BCUT2D eigenvalue weighted by atomic mass is 10.1. The molecule has 1 fully saturated rings. The van der Waals surface area contributed by atoms with Crippen LogP contribution < -0.4 is 0 Å². The molecular formula is C10H16N2O. The summed E-state index contributed by atoms with van der Waals surface area (Å²) in [6.45, 7) is 6.00. The molecule has 0 spiro atoms. The van der Waals surface area contributed by atoms with E-state index in [1.807, 2.05) is 6.20 Å². The van der Waals surface area contributed by atoms with Crippen LogP contribution in [0.3, 0.4) is 0 Å². The molecule has 3 heteroatoms. The molecule has 13 heavy (non-hydrogen) atoms. The van der Waals surface area contributed by atoms with Gasteiger partial charge in [0.15, 0.2) is 0 Å². The summed E-state index contributed by atoms with van der Waals surface area (Å²) < 4.78 is 7.48. The summed E-state index contributed by atoms with van der Waals surface area (Å²) in [6, 6.07) is 0.558. The van der Waals surface area contributed by atoms with E-state index in [4.69, 9.17) is 4.74 Å². The van der Waals surface area contributed by atoms with Gasteiger partial charge in [0.25, 0.3) is 0 Å². The van der Waals surface area contributed by atoms with E-state index >= 15 is 0 Å². The van der Waals surface area contributed by atoms with Crippen LogP contribution in [0.15, 0.2) is 6.20 Å². The van der Waals surface area contributed by atoms with Gasteiger partial charge in [-0.25, -0.2) is 0 Å². The van der Waals surface area contributed by atoms with Gasteiger partial charge < -0.3 is 4.74 Å². The fourth-order valence-electron chi connectivity index (χ4n) is 1.81. The van der Waals surface area contributed by atoms with Crippen LogP contribution in [-0.2, 0) is 4.74 Å². The van der Waals surface area contributed by atoms with Crippen LogP contribution in [0.25, 0.3) is 0 Å². The van der Waals surface area contributed by atoms with Crippen LogP contribution in [0.4, 0.5) is 0 Å². The lowest BCUT2D eigenvalue weighted by Crippen LogP contribution is -2.21. The van der Waals surface area contributed by atoms with Crippen molar-refractivity contribution in [2.24, 2.45) is 0 Å². The average molecular weight is 180 g/mol. The van der Waals surface area contributed by atoms with Crippen molar-refractivity contribution in [3.05, 3.63) is 17.5 Å². The molecule has 1 aliphatic rings. The number of nitrogens with zero attached hydrogens (tertiary/aromatic N) is 2. The first-order valence-corrected chi connectivity index (χ1v) is 4.87. The lowest BCUT2D eigenvalue weighted by molar-refractivity contribution is 0.0656. The Morgan fingerprint density at radius 3 is 2.62 bits per heavy atom. The third-order valence-corrected chi connectivity index (χ3v) is 2.83. The standard InChI is InChI=1S/C10H16N2O/c1-8-7-11-12(9(8)2)10-3-5-13-6-4-10/h7,10H,3-6H2,1-2H3. The van der Waals surface area contributed by atoms with Gasteiger partial charge >= 0.3 is 0 Å². The van der Waals surface area contributed by atoms with Gasteiger partial charge in [-0.2, -0.15) is 5.10 Å². The molecule has 0 bridgehead atoms. The molecule has 2 rings (SSSR count). The number of rotatable bonds is 1. The van der Waals surface area contributed by atoms with Gasteiger partial charge in [0.05, 0.1) is 12.2 Å². The van der Waals surface area contributed by atoms with Crippen LogP contribution in [0.1, 0.15) is 30.1 Å². The zero-order valence-electron chi connectivity index (χ0n) is 8.29. The molecule has 1 aromatic heterocycles. The normalized spacial score (nSPS) is 19.2. The summed E-state index contributed by atoms with van der Waals surface area (Å²) in [5.41, 5.74) is 2.58. The van der Waals surface area contributed by atoms with E-state index in [-0.39, 0.29) is 0 Å². The zero-order valence-corrected chi connectivity index (χ0v) is 8.29. The van der Waals surface area contributed by atoms with Crippen LogP contribution in [-0.4, -0.2) is 23.0 Å². The molecule has 0 unspecified atom stereocenters. The molecule has 1 aromatic rings. The summed E-state index contributed by atoms with van der Waals surface area (Å²) in [6.07, 6.45) is 4.15. The highest BCUT2D eigenvalue weighted by Gasteiger charge is 2.17. The van der Waals surface area contributed by atoms with Crippen molar-refractivity contribution in [1.82, 2.24) is 9.78 Å². The first-order chi connectivity index (χ1) is 6.29. The Hall–Kier alpha value is -0.830. The largest absolute Gasteiger partial charge is 0.381 e. The second kappa shape index (κ2) is 3.50. The third kappa shape index (κ3) is 1.61. The molecule has 3 nitrogen and oxygen atoms in total. The summed E-state index contributed by atoms with van der Waals surface area (Å²) in [5.74, 6) is 0. The molecule has 1 aliphatic heterocycles. The van der Waals surface area contributed by atoms with Crippen molar-refractivity contribution < 1.29 is 4.74 Å². The van der Waals surface area contributed by atoms with Crippen LogP contribution in [0.5, 0.6) is 0 Å². The molecule has 2 heterocycles. The quantitative estimate of drug-likeness (QED) is 0.659. The predicted octanol–water partition coefficient (Wildman–Crippen LogP) is 1.85. The van der Waals surface area contributed by atoms with E-state index in [0.29, 0.717) is 6.04 Å². The van der Waals surface area contributed by atoms with Gasteiger partial charge in [-0.3, -0.25) is 4.68 Å².